The van der Waals surface area contributed by atoms with E-state index in [0.717, 1.165) is 42.4 Å². The fourth-order valence-corrected chi connectivity index (χ4v) is 7.15. The highest BCUT2D eigenvalue weighted by Gasteiger charge is 2.72. The van der Waals surface area contributed by atoms with Crippen LogP contribution in [0.25, 0.3) is 0 Å². The van der Waals surface area contributed by atoms with Gasteiger partial charge in [0.15, 0.2) is 0 Å². The molecule has 1 saturated carbocycles. The van der Waals surface area contributed by atoms with E-state index in [0.29, 0.717) is 10.7 Å². The third-order valence-corrected chi connectivity index (χ3v) is 8.88. The number of halogens is 1. The van der Waals surface area contributed by atoms with E-state index in [9.17, 15) is 14.4 Å². The highest BCUT2D eigenvalue weighted by molar-refractivity contribution is 6.30. The molecule has 2 saturated heterocycles. The van der Waals surface area contributed by atoms with Crippen molar-refractivity contribution >= 4 is 35.0 Å². The number of hydrogen-bond acceptors (Lipinski definition) is 4. The molecule has 4 aliphatic rings. The van der Waals surface area contributed by atoms with Crippen molar-refractivity contribution in [1.82, 2.24) is 10.2 Å². The number of ether oxygens (including phenoxy) is 1. The van der Waals surface area contributed by atoms with E-state index in [-0.39, 0.29) is 30.3 Å². The van der Waals surface area contributed by atoms with Gasteiger partial charge in [0.2, 0.25) is 17.7 Å². The maximum absolute atomic E-state index is 14.2. The van der Waals surface area contributed by atoms with Crippen molar-refractivity contribution in [2.45, 2.75) is 76.3 Å². The summed E-state index contributed by atoms with van der Waals surface area (Å²) in [5.41, 5.74) is 2.44. The van der Waals surface area contributed by atoms with Gasteiger partial charge in [-0.3, -0.25) is 14.4 Å². The SMILES string of the molecule is Cc1cc(C)cc(NC(=O)[C@H]2[C@@H]3C=C[C@]4(O3)[C@@H]2C(=O)N(Cc2ccc(Cl)cc2)[C@@H]4C(=O)NC2CCCCC2)c1. The van der Waals surface area contributed by atoms with Crippen molar-refractivity contribution in [3.63, 3.8) is 0 Å². The lowest BCUT2D eigenvalue weighted by molar-refractivity contribution is -0.142. The van der Waals surface area contributed by atoms with Crippen molar-refractivity contribution < 1.29 is 19.1 Å². The lowest BCUT2D eigenvalue weighted by Crippen LogP contribution is -2.56. The zero-order valence-corrected chi connectivity index (χ0v) is 23.0. The molecule has 3 fully saturated rings. The predicted octanol–water partition coefficient (Wildman–Crippen LogP) is 4.70. The van der Waals surface area contributed by atoms with E-state index in [1.54, 1.807) is 17.0 Å². The third kappa shape index (κ3) is 4.66. The number of fused-ring (bicyclic) bond motifs is 1. The Labute approximate surface area is 233 Å². The second-order valence-electron chi connectivity index (χ2n) is 11.5. The average molecular weight is 548 g/mol. The minimum Gasteiger partial charge on any atom is -0.359 e. The Bertz CT molecular complexity index is 1320. The van der Waals surface area contributed by atoms with Gasteiger partial charge in [-0.1, -0.05) is 61.2 Å². The lowest BCUT2D eigenvalue weighted by atomic mass is 9.74. The zero-order chi connectivity index (χ0) is 27.3. The van der Waals surface area contributed by atoms with Gasteiger partial charge >= 0.3 is 0 Å². The molecule has 6 rings (SSSR count). The van der Waals surface area contributed by atoms with Crippen LogP contribution in [-0.4, -0.2) is 46.4 Å². The fourth-order valence-electron chi connectivity index (χ4n) is 7.02. The van der Waals surface area contributed by atoms with Gasteiger partial charge < -0.3 is 20.3 Å². The molecule has 5 atom stereocenters. The Kier molecular flexibility index (Phi) is 6.76. The summed E-state index contributed by atoms with van der Waals surface area (Å²) in [6, 6.07) is 12.3. The van der Waals surface area contributed by atoms with Crippen molar-refractivity contribution in [3.8, 4) is 0 Å². The molecule has 2 N–H and O–H groups in total. The molecule has 2 aromatic rings. The van der Waals surface area contributed by atoms with Gasteiger partial charge in [0.05, 0.1) is 17.9 Å². The molecule has 1 spiro atoms. The zero-order valence-electron chi connectivity index (χ0n) is 22.3. The van der Waals surface area contributed by atoms with Gasteiger partial charge in [0, 0.05) is 23.3 Å². The Hall–Kier alpha value is -3.16. The first kappa shape index (κ1) is 26.1. The first-order chi connectivity index (χ1) is 18.7. The van der Waals surface area contributed by atoms with E-state index >= 15 is 0 Å². The number of anilines is 1. The van der Waals surface area contributed by atoms with Gasteiger partial charge in [-0.2, -0.15) is 0 Å². The summed E-state index contributed by atoms with van der Waals surface area (Å²) in [5.74, 6) is -2.24. The molecule has 39 heavy (non-hydrogen) atoms. The molecule has 3 aliphatic heterocycles. The second-order valence-corrected chi connectivity index (χ2v) is 11.9. The van der Waals surface area contributed by atoms with Crippen LogP contribution in [0.15, 0.2) is 54.6 Å². The van der Waals surface area contributed by atoms with Gasteiger partial charge in [0.1, 0.15) is 11.6 Å². The van der Waals surface area contributed by atoms with Gasteiger partial charge in [0.25, 0.3) is 0 Å². The number of benzene rings is 2. The van der Waals surface area contributed by atoms with Gasteiger partial charge in [-0.25, -0.2) is 0 Å². The van der Waals surface area contributed by atoms with Gasteiger partial charge in [-0.05, 0) is 67.6 Å². The van der Waals surface area contributed by atoms with Crippen molar-refractivity contribution in [1.29, 1.82) is 0 Å². The molecule has 2 aromatic carbocycles. The average Bonchev–Trinajstić information content (AvgIpc) is 3.53. The van der Waals surface area contributed by atoms with Crippen LogP contribution in [0.4, 0.5) is 5.69 Å². The van der Waals surface area contributed by atoms with Crippen LogP contribution in [0.3, 0.4) is 0 Å². The van der Waals surface area contributed by atoms with E-state index in [1.165, 1.54) is 6.42 Å². The second kappa shape index (κ2) is 10.1. The maximum Gasteiger partial charge on any atom is 0.246 e. The predicted molar refractivity (Wildman–Crippen MR) is 149 cm³/mol. The molecule has 0 radical (unpaired) electrons. The number of hydrogen-bond donors (Lipinski definition) is 2. The molecule has 2 bridgehead atoms. The number of likely N-dealkylation sites (tertiary alicyclic amines) is 1. The first-order valence-corrected chi connectivity index (χ1v) is 14.2. The number of aryl methyl sites for hydroxylation is 2. The Morgan fingerprint density at radius 3 is 2.41 bits per heavy atom. The van der Waals surface area contributed by atoms with Crippen LogP contribution in [0, 0.1) is 25.7 Å². The number of amides is 3. The standard InChI is InChI=1S/C31H34ClN3O4/c1-18-14-19(2)16-23(15-18)34-28(36)25-24-12-13-31(39-24)26(25)30(38)35(17-20-8-10-21(32)11-9-20)27(31)29(37)33-22-6-4-3-5-7-22/h8-16,22,24-27H,3-7,17H2,1-2H3,(H,33,37)(H,34,36)/t24-,25-,26-,27+,31-/m0/s1. The Morgan fingerprint density at radius 1 is 1.03 bits per heavy atom. The monoisotopic (exact) mass is 547 g/mol. The molecule has 7 nitrogen and oxygen atoms in total. The third-order valence-electron chi connectivity index (χ3n) is 8.63. The molecular formula is C31H34ClN3O4. The quantitative estimate of drug-likeness (QED) is 0.513. The molecular weight excluding hydrogens is 514 g/mol. The topological polar surface area (TPSA) is 87.7 Å². The summed E-state index contributed by atoms with van der Waals surface area (Å²) in [5, 5.41) is 6.85. The highest BCUT2D eigenvalue weighted by atomic mass is 35.5. The molecule has 204 valence electrons. The summed E-state index contributed by atoms with van der Waals surface area (Å²) >= 11 is 6.09. The summed E-state index contributed by atoms with van der Waals surface area (Å²) in [4.78, 5) is 43.4. The van der Waals surface area contributed by atoms with Gasteiger partial charge in [-0.15, -0.1) is 0 Å². The summed E-state index contributed by atoms with van der Waals surface area (Å²) in [6.45, 7) is 4.18. The van der Waals surface area contributed by atoms with Crippen LogP contribution in [0.2, 0.25) is 5.02 Å². The molecule has 0 unspecified atom stereocenters. The number of carbonyl (C=O) groups excluding carboxylic acids is 3. The number of nitrogens with one attached hydrogen (secondary N) is 2. The van der Waals surface area contributed by atoms with E-state index in [1.807, 2.05) is 56.3 Å². The molecule has 0 aromatic heterocycles. The number of rotatable bonds is 6. The number of carbonyl (C=O) groups is 3. The maximum atomic E-state index is 14.2. The van der Waals surface area contributed by atoms with Crippen LogP contribution < -0.4 is 10.6 Å². The largest absolute Gasteiger partial charge is 0.359 e. The Morgan fingerprint density at radius 2 is 1.72 bits per heavy atom. The van der Waals surface area contributed by atoms with E-state index in [2.05, 4.69) is 10.6 Å². The summed E-state index contributed by atoms with van der Waals surface area (Å²) < 4.78 is 6.47. The van der Waals surface area contributed by atoms with E-state index < -0.39 is 29.6 Å². The van der Waals surface area contributed by atoms with Crippen LogP contribution in [0.5, 0.6) is 0 Å². The van der Waals surface area contributed by atoms with E-state index in [4.69, 9.17) is 16.3 Å². The van der Waals surface area contributed by atoms with Crippen LogP contribution >= 0.6 is 11.6 Å². The summed E-state index contributed by atoms with van der Waals surface area (Å²) in [6.07, 6.45) is 8.34. The molecule has 8 heteroatoms. The van der Waals surface area contributed by atoms with Crippen molar-refractivity contribution in [3.05, 3.63) is 76.3 Å². The van der Waals surface area contributed by atoms with Crippen molar-refractivity contribution in [2.75, 3.05) is 5.32 Å². The summed E-state index contributed by atoms with van der Waals surface area (Å²) in [7, 11) is 0. The van der Waals surface area contributed by atoms with Crippen molar-refractivity contribution in [2.24, 2.45) is 11.8 Å². The van der Waals surface area contributed by atoms with Crippen LogP contribution in [-0.2, 0) is 25.7 Å². The lowest BCUT2D eigenvalue weighted by Gasteiger charge is -2.34. The minimum atomic E-state index is -1.18. The number of nitrogens with zero attached hydrogens (tertiary/aromatic N) is 1. The Balaban J connectivity index is 1.32. The normalized spacial score (nSPS) is 29.5. The first-order valence-electron chi connectivity index (χ1n) is 13.9. The molecule has 1 aliphatic carbocycles. The van der Waals surface area contributed by atoms with Crippen LogP contribution in [0.1, 0.15) is 48.8 Å². The molecule has 3 heterocycles. The highest BCUT2D eigenvalue weighted by Crippen LogP contribution is 2.55. The fraction of sp³-hybridized carbons (Fsp3) is 0.452. The smallest absolute Gasteiger partial charge is 0.246 e. The minimum absolute atomic E-state index is 0.0837. The molecule has 3 amide bonds.